The number of aryl methyl sites for hydroxylation is 1. The van der Waals surface area contributed by atoms with Gasteiger partial charge in [-0.05, 0) is 67.9 Å². The monoisotopic (exact) mass is 644 g/mol. The molecule has 0 saturated heterocycles. The molecule has 2 aromatic carbocycles. The van der Waals surface area contributed by atoms with Crippen LogP contribution in [-0.2, 0) is 26.9 Å². The van der Waals surface area contributed by atoms with Gasteiger partial charge in [-0.15, -0.1) is 5.10 Å². The summed E-state index contributed by atoms with van der Waals surface area (Å²) < 4.78 is 78.3. The molecule has 0 atom stereocenters. The largest absolute Gasteiger partial charge is 0.347 e. The van der Waals surface area contributed by atoms with Gasteiger partial charge in [-0.1, -0.05) is 58.1 Å². The Morgan fingerprint density at radius 2 is 1.60 bits per heavy atom. The number of thiazole rings is 1. The van der Waals surface area contributed by atoms with Crippen molar-refractivity contribution in [2.24, 2.45) is 23.0 Å². The number of carbonyl (C=O) groups is 1. The van der Waals surface area contributed by atoms with Crippen LogP contribution < -0.4 is 14.9 Å². The molecule has 0 unspecified atom stereocenters. The van der Waals surface area contributed by atoms with E-state index >= 15 is 0 Å². The van der Waals surface area contributed by atoms with Crippen molar-refractivity contribution in [3.05, 3.63) is 52.8 Å². The molecule has 1 heterocycles. The standard InChI is InChI=1S/C28H38F2N4O5S3/c1-26(2,3)16-27(4,5)17-28(6,7)31-23(35)19-11-9-10-12-22(19)42(38,39)33-32-25-34(8)20-15-18(13-14-21(20)40-25)41(36,37)24(29)30/h9-15,24,33H,16-17H2,1-8H3,(H,31,35)/b32-25+. The topological polar surface area (TPSA) is 127 Å². The maximum atomic E-state index is 13.4. The summed E-state index contributed by atoms with van der Waals surface area (Å²) in [6.45, 7) is 14.6. The van der Waals surface area contributed by atoms with Crippen molar-refractivity contribution in [1.29, 1.82) is 0 Å². The molecule has 42 heavy (non-hydrogen) atoms. The Morgan fingerprint density at radius 3 is 2.19 bits per heavy atom. The molecule has 0 spiro atoms. The van der Waals surface area contributed by atoms with Gasteiger partial charge in [-0.3, -0.25) is 4.79 Å². The van der Waals surface area contributed by atoms with Crippen LogP contribution in [0.3, 0.4) is 0 Å². The highest BCUT2D eigenvalue weighted by Crippen LogP contribution is 2.39. The van der Waals surface area contributed by atoms with Crippen LogP contribution in [0.4, 0.5) is 8.78 Å². The van der Waals surface area contributed by atoms with E-state index in [2.05, 4.69) is 49.9 Å². The number of nitrogens with zero attached hydrogens (tertiary/aromatic N) is 2. The van der Waals surface area contributed by atoms with Crippen LogP contribution >= 0.6 is 11.3 Å². The predicted octanol–water partition coefficient (Wildman–Crippen LogP) is 5.39. The third kappa shape index (κ3) is 7.95. The zero-order chi connectivity index (χ0) is 31.9. The molecule has 0 aliphatic heterocycles. The van der Waals surface area contributed by atoms with Gasteiger partial charge >= 0.3 is 5.76 Å². The average molecular weight is 645 g/mol. The molecule has 1 amide bonds. The molecule has 2 N–H and O–H groups in total. The number of hydrogen-bond acceptors (Lipinski definition) is 7. The van der Waals surface area contributed by atoms with Gasteiger partial charge in [0.25, 0.3) is 15.9 Å². The van der Waals surface area contributed by atoms with Crippen molar-refractivity contribution in [2.45, 2.75) is 82.4 Å². The third-order valence-electron chi connectivity index (χ3n) is 6.41. The van der Waals surface area contributed by atoms with Gasteiger partial charge in [0.05, 0.1) is 20.7 Å². The number of aromatic nitrogens is 1. The summed E-state index contributed by atoms with van der Waals surface area (Å²) in [6, 6.07) is 9.29. The Morgan fingerprint density at radius 1 is 0.976 bits per heavy atom. The summed E-state index contributed by atoms with van der Waals surface area (Å²) in [5, 5.41) is 6.98. The first-order valence-corrected chi connectivity index (χ1v) is 17.0. The summed E-state index contributed by atoms with van der Waals surface area (Å²) in [6.07, 6.45) is 1.59. The molecule has 0 saturated carbocycles. The zero-order valence-electron chi connectivity index (χ0n) is 24.9. The lowest BCUT2D eigenvalue weighted by Gasteiger charge is -2.39. The zero-order valence-corrected chi connectivity index (χ0v) is 27.4. The normalized spacial score (nSPS) is 14.0. The van der Waals surface area contributed by atoms with E-state index in [0.717, 1.165) is 29.9 Å². The average Bonchev–Trinajstić information content (AvgIpc) is 3.15. The van der Waals surface area contributed by atoms with Crippen LogP contribution in [0.1, 0.15) is 71.7 Å². The van der Waals surface area contributed by atoms with E-state index in [0.29, 0.717) is 11.1 Å². The number of sulfonamides is 1. The Bertz CT molecular complexity index is 1770. The molecular weight excluding hydrogens is 607 g/mol. The second-order valence-corrected chi connectivity index (χ2v) is 17.6. The number of nitrogens with one attached hydrogen (secondary N) is 2. The van der Waals surface area contributed by atoms with Crippen molar-refractivity contribution in [3.8, 4) is 0 Å². The van der Waals surface area contributed by atoms with E-state index in [9.17, 15) is 30.4 Å². The second-order valence-electron chi connectivity index (χ2n) is 13.0. The number of alkyl halides is 2. The van der Waals surface area contributed by atoms with Gasteiger partial charge in [0, 0.05) is 12.6 Å². The number of halogens is 2. The van der Waals surface area contributed by atoms with Crippen molar-refractivity contribution in [2.75, 3.05) is 0 Å². The van der Waals surface area contributed by atoms with Gasteiger partial charge in [-0.25, -0.2) is 8.42 Å². The molecule has 0 aliphatic carbocycles. The molecule has 0 radical (unpaired) electrons. The van der Waals surface area contributed by atoms with E-state index in [1.54, 1.807) is 6.07 Å². The van der Waals surface area contributed by atoms with Gasteiger partial charge in [0.2, 0.25) is 14.6 Å². The minimum absolute atomic E-state index is 0.0514. The number of amides is 1. The summed E-state index contributed by atoms with van der Waals surface area (Å²) >= 11 is 1.02. The lowest BCUT2D eigenvalue weighted by molar-refractivity contribution is 0.0863. The molecule has 0 aliphatic rings. The van der Waals surface area contributed by atoms with Crippen LogP contribution in [0.2, 0.25) is 0 Å². The van der Waals surface area contributed by atoms with Crippen LogP contribution in [0.5, 0.6) is 0 Å². The number of sulfone groups is 1. The molecule has 0 fully saturated rings. The summed E-state index contributed by atoms with van der Waals surface area (Å²) in [5.74, 6) is -4.12. The van der Waals surface area contributed by atoms with Crippen molar-refractivity contribution < 1.29 is 30.4 Å². The van der Waals surface area contributed by atoms with Gasteiger partial charge in [0.1, 0.15) is 4.90 Å². The molecule has 1 aromatic heterocycles. The Hall–Kier alpha value is -2.84. The number of fused-ring (bicyclic) bond motifs is 1. The maximum absolute atomic E-state index is 13.4. The smallest absolute Gasteiger partial charge is 0.341 e. The fraction of sp³-hybridized carbons (Fsp3) is 0.500. The molecule has 3 aromatic rings. The lowest BCUT2D eigenvalue weighted by atomic mass is 9.70. The SMILES string of the molecule is Cn1/c(=N\NS(=O)(=O)c2ccccc2C(=O)NC(C)(C)CC(C)(C)CC(C)(C)C)sc2ccc(S(=O)(=O)C(F)F)cc21. The third-order valence-corrected chi connectivity index (χ3v) is 10.2. The maximum Gasteiger partial charge on any atom is 0.341 e. The number of benzene rings is 2. The van der Waals surface area contributed by atoms with Gasteiger partial charge in [-0.2, -0.15) is 22.0 Å². The van der Waals surface area contributed by atoms with E-state index in [1.165, 1.54) is 35.9 Å². The minimum Gasteiger partial charge on any atom is -0.347 e. The number of carbonyl (C=O) groups excluding carboxylic acids is 1. The molecule has 0 bridgehead atoms. The number of hydrogen-bond donors (Lipinski definition) is 2. The summed E-state index contributed by atoms with van der Waals surface area (Å²) in [4.78, 5) is 14.8. The quantitative estimate of drug-likeness (QED) is 0.286. The van der Waals surface area contributed by atoms with Crippen molar-refractivity contribution in [1.82, 2.24) is 14.7 Å². The molecular formula is C28H38F2N4O5S3. The molecule has 232 valence electrons. The van der Waals surface area contributed by atoms with E-state index < -0.39 is 42.0 Å². The van der Waals surface area contributed by atoms with Crippen molar-refractivity contribution >= 4 is 47.3 Å². The lowest BCUT2D eigenvalue weighted by Crippen LogP contribution is -2.47. The molecule has 9 nitrogen and oxygen atoms in total. The van der Waals surface area contributed by atoms with E-state index in [1.807, 2.05) is 13.8 Å². The highest BCUT2D eigenvalue weighted by Gasteiger charge is 2.34. The second kappa shape index (κ2) is 11.7. The number of rotatable bonds is 10. The first kappa shape index (κ1) is 33.7. The minimum atomic E-state index is -4.81. The van der Waals surface area contributed by atoms with Crippen LogP contribution in [-0.4, -0.2) is 38.6 Å². The summed E-state index contributed by atoms with van der Waals surface area (Å²) in [7, 11) is -7.64. The van der Waals surface area contributed by atoms with Crippen LogP contribution in [0.25, 0.3) is 10.2 Å². The Kier molecular flexibility index (Phi) is 9.36. The first-order chi connectivity index (χ1) is 19.0. The Balaban J connectivity index is 1.90. The highest BCUT2D eigenvalue weighted by atomic mass is 32.2. The first-order valence-electron chi connectivity index (χ1n) is 13.1. The van der Waals surface area contributed by atoms with E-state index in [4.69, 9.17) is 0 Å². The molecule has 14 heteroatoms. The van der Waals surface area contributed by atoms with Crippen LogP contribution in [0, 0.1) is 10.8 Å². The Labute approximate surface area is 250 Å². The predicted molar refractivity (Wildman–Crippen MR) is 160 cm³/mol. The van der Waals surface area contributed by atoms with Crippen LogP contribution in [0.15, 0.2) is 57.4 Å². The summed E-state index contributed by atoms with van der Waals surface area (Å²) in [5.41, 5.74) is -0.413. The van der Waals surface area contributed by atoms with Gasteiger partial charge < -0.3 is 9.88 Å². The van der Waals surface area contributed by atoms with Gasteiger partial charge in [0.15, 0.2) is 0 Å². The highest BCUT2D eigenvalue weighted by molar-refractivity contribution is 7.91. The fourth-order valence-corrected chi connectivity index (χ4v) is 8.41. The fourth-order valence-electron chi connectivity index (χ4n) is 5.64. The van der Waals surface area contributed by atoms with Crippen molar-refractivity contribution in [3.63, 3.8) is 0 Å². The molecule has 3 rings (SSSR count). The van der Waals surface area contributed by atoms with E-state index in [-0.39, 0.29) is 31.6 Å².